The first-order valence-corrected chi connectivity index (χ1v) is 9.28. The number of amides is 1. The Morgan fingerprint density at radius 1 is 1.26 bits per heavy atom. The Kier molecular flexibility index (Phi) is 4.91. The molecule has 2 aromatic rings. The molecule has 1 aliphatic carbocycles. The Hall–Kier alpha value is -1.94. The van der Waals surface area contributed by atoms with Crippen molar-refractivity contribution in [2.45, 2.75) is 25.2 Å². The molecule has 3 rings (SSSR count). The van der Waals surface area contributed by atoms with Gasteiger partial charge in [0.05, 0.1) is 5.92 Å². The Bertz CT molecular complexity index is 714. The van der Waals surface area contributed by atoms with Crippen molar-refractivity contribution in [2.24, 2.45) is 0 Å². The van der Waals surface area contributed by atoms with Crippen molar-refractivity contribution in [3.63, 3.8) is 0 Å². The molecule has 2 N–H and O–H groups in total. The molecule has 4 heteroatoms. The number of thioether (sulfide) groups is 1. The van der Waals surface area contributed by atoms with Gasteiger partial charge in [0, 0.05) is 11.3 Å². The van der Waals surface area contributed by atoms with Crippen molar-refractivity contribution in [3.05, 3.63) is 59.2 Å². The van der Waals surface area contributed by atoms with Gasteiger partial charge in [-0.25, -0.2) is 0 Å². The smallest absolute Gasteiger partial charge is 0.232 e. The lowest BCUT2D eigenvalue weighted by Gasteiger charge is -2.16. The van der Waals surface area contributed by atoms with Crippen LogP contribution in [0.4, 0.5) is 5.69 Å². The van der Waals surface area contributed by atoms with Crippen LogP contribution in [-0.2, 0) is 17.6 Å². The van der Waals surface area contributed by atoms with E-state index < -0.39 is 0 Å². The Morgan fingerprint density at radius 3 is 2.91 bits per heavy atom. The molecule has 2 aromatic carbocycles. The van der Waals surface area contributed by atoms with Crippen LogP contribution in [-0.4, -0.2) is 23.0 Å². The van der Waals surface area contributed by atoms with Gasteiger partial charge in [0.2, 0.25) is 5.91 Å². The Balaban J connectivity index is 1.79. The number of aryl methyl sites for hydroxylation is 2. The van der Waals surface area contributed by atoms with Crippen LogP contribution in [0.1, 0.15) is 29.0 Å². The molecular formula is C19H21NO2S. The number of anilines is 1. The van der Waals surface area contributed by atoms with Crippen molar-refractivity contribution in [3.8, 4) is 5.75 Å². The SMILES string of the molecule is CSCCc1ccccc1NC(=O)C1CCc2cccc(O)c21. The van der Waals surface area contributed by atoms with E-state index in [2.05, 4.69) is 17.6 Å². The predicted octanol–water partition coefficient (Wildman–Crippen LogP) is 3.97. The van der Waals surface area contributed by atoms with Crippen LogP contribution in [0.3, 0.4) is 0 Å². The van der Waals surface area contributed by atoms with Gasteiger partial charge >= 0.3 is 0 Å². The number of para-hydroxylation sites is 1. The van der Waals surface area contributed by atoms with Gasteiger partial charge in [0.25, 0.3) is 0 Å². The van der Waals surface area contributed by atoms with E-state index in [9.17, 15) is 9.90 Å². The molecule has 0 radical (unpaired) electrons. The minimum absolute atomic E-state index is 0.0261. The number of nitrogens with one attached hydrogen (secondary N) is 1. The number of fused-ring (bicyclic) bond motifs is 1. The molecule has 23 heavy (non-hydrogen) atoms. The number of carbonyl (C=O) groups is 1. The van der Waals surface area contributed by atoms with Gasteiger partial charge in [-0.1, -0.05) is 30.3 Å². The third-order valence-electron chi connectivity index (χ3n) is 4.39. The van der Waals surface area contributed by atoms with Gasteiger partial charge in [-0.3, -0.25) is 4.79 Å². The topological polar surface area (TPSA) is 49.3 Å². The number of phenolic OH excluding ortho intramolecular Hbond substituents is 1. The second-order valence-electron chi connectivity index (χ2n) is 5.83. The summed E-state index contributed by atoms with van der Waals surface area (Å²) < 4.78 is 0. The molecule has 0 fully saturated rings. The molecule has 0 saturated carbocycles. The molecule has 120 valence electrons. The van der Waals surface area contributed by atoms with Crippen LogP contribution < -0.4 is 5.32 Å². The molecule has 1 atom stereocenters. The van der Waals surface area contributed by atoms with Crippen LogP contribution >= 0.6 is 11.8 Å². The number of hydrogen-bond donors (Lipinski definition) is 2. The third kappa shape index (κ3) is 3.37. The van der Waals surface area contributed by atoms with Gasteiger partial charge in [0.1, 0.15) is 5.75 Å². The molecule has 0 aliphatic heterocycles. The van der Waals surface area contributed by atoms with E-state index in [1.807, 2.05) is 30.3 Å². The average Bonchev–Trinajstić information content (AvgIpc) is 2.99. The highest BCUT2D eigenvalue weighted by molar-refractivity contribution is 7.98. The quantitative estimate of drug-likeness (QED) is 0.874. The summed E-state index contributed by atoms with van der Waals surface area (Å²) in [5, 5.41) is 13.2. The second kappa shape index (κ2) is 7.09. The second-order valence-corrected chi connectivity index (χ2v) is 6.82. The summed E-state index contributed by atoms with van der Waals surface area (Å²) in [4.78, 5) is 12.7. The van der Waals surface area contributed by atoms with E-state index in [1.54, 1.807) is 17.8 Å². The number of rotatable bonds is 5. The van der Waals surface area contributed by atoms with E-state index in [1.165, 1.54) is 0 Å². The van der Waals surface area contributed by atoms with E-state index in [0.29, 0.717) is 0 Å². The van der Waals surface area contributed by atoms with Gasteiger partial charge < -0.3 is 10.4 Å². The molecule has 0 saturated heterocycles. The third-order valence-corrected chi connectivity index (χ3v) is 5.00. The first-order valence-electron chi connectivity index (χ1n) is 7.89. The summed E-state index contributed by atoms with van der Waals surface area (Å²) in [6, 6.07) is 13.5. The number of benzene rings is 2. The number of hydrogen-bond acceptors (Lipinski definition) is 3. The predicted molar refractivity (Wildman–Crippen MR) is 96.3 cm³/mol. The molecule has 1 unspecified atom stereocenters. The zero-order valence-electron chi connectivity index (χ0n) is 13.2. The standard InChI is InChI=1S/C19H21NO2S/c1-23-12-11-13-5-2-3-7-16(13)20-19(22)15-10-9-14-6-4-8-17(21)18(14)15/h2-8,15,21H,9-12H2,1H3,(H,20,22). The largest absolute Gasteiger partial charge is 0.508 e. The molecule has 0 aromatic heterocycles. The fourth-order valence-electron chi connectivity index (χ4n) is 3.22. The Morgan fingerprint density at radius 2 is 2.09 bits per heavy atom. The lowest BCUT2D eigenvalue weighted by atomic mass is 9.99. The van der Waals surface area contributed by atoms with Crippen molar-refractivity contribution in [2.75, 3.05) is 17.3 Å². The zero-order valence-corrected chi connectivity index (χ0v) is 14.0. The van der Waals surface area contributed by atoms with Crippen LogP contribution in [0.5, 0.6) is 5.75 Å². The first-order chi connectivity index (χ1) is 11.2. The normalized spacial score (nSPS) is 16.1. The van der Waals surface area contributed by atoms with Gasteiger partial charge in [0.15, 0.2) is 0 Å². The summed E-state index contributed by atoms with van der Waals surface area (Å²) in [6.45, 7) is 0. The van der Waals surface area contributed by atoms with Crippen LogP contribution in [0.25, 0.3) is 0 Å². The summed E-state index contributed by atoms with van der Waals surface area (Å²) in [5.41, 5.74) is 3.92. The lowest BCUT2D eigenvalue weighted by Crippen LogP contribution is -2.20. The van der Waals surface area contributed by atoms with Crippen molar-refractivity contribution in [1.29, 1.82) is 0 Å². The summed E-state index contributed by atoms with van der Waals surface area (Å²) >= 11 is 1.80. The minimum Gasteiger partial charge on any atom is -0.508 e. The molecular weight excluding hydrogens is 306 g/mol. The maximum Gasteiger partial charge on any atom is 0.232 e. The lowest BCUT2D eigenvalue weighted by molar-refractivity contribution is -0.117. The maximum atomic E-state index is 12.7. The maximum absolute atomic E-state index is 12.7. The fraction of sp³-hybridized carbons (Fsp3) is 0.316. The highest BCUT2D eigenvalue weighted by Crippen LogP contribution is 2.39. The molecule has 1 amide bonds. The number of aromatic hydroxyl groups is 1. The first kappa shape index (κ1) is 15.9. The van der Waals surface area contributed by atoms with Crippen LogP contribution in [0, 0.1) is 0 Å². The molecule has 3 nitrogen and oxygen atoms in total. The van der Waals surface area contributed by atoms with Crippen molar-refractivity contribution >= 4 is 23.4 Å². The van der Waals surface area contributed by atoms with E-state index in [4.69, 9.17) is 0 Å². The summed E-state index contributed by atoms with van der Waals surface area (Å²) in [6.07, 6.45) is 4.62. The summed E-state index contributed by atoms with van der Waals surface area (Å²) in [7, 11) is 0. The average molecular weight is 327 g/mol. The number of phenols is 1. The number of carbonyl (C=O) groups excluding carboxylic acids is 1. The van der Waals surface area contributed by atoms with Gasteiger partial charge in [-0.05, 0) is 54.5 Å². The van der Waals surface area contributed by atoms with Gasteiger partial charge in [-0.2, -0.15) is 11.8 Å². The fourth-order valence-corrected chi connectivity index (χ4v) is 3.64. The molecule has 0 heterocycles. The molecule has 1 aliphatic rings. The van der Waals surface area contributed by atoms with Crippen LogP contribution in [0.15, 0.2) is 42.5 Å². The van der Waals surface area contributed by atoms with Gasteiger partial charge in [-0.15, -0.1) is 0 Å². The van der Waals surface area contributed by atoms with Crippen LogP contribution in [0.2, 0.25) is 0 Å². The van der Waals surface area contributed by atoms with Crippen molar-refractivity contribution < 1.29 is 9.90 Å². The highest BCUT2D eigenvalue weighted by Gasteiger charge is 2.31. The van der Waals surface area contributed by atoms with E-state index >= 15 is 0 Å². The van der Waals surface area contributed by atoms with Crippen molar-refractivity contribution in [1.82, 2.24) is 0 Å². The minimum atomic E-state index is -0.264. The van der Waals surface area contributed by atoms with E-state index in [0.717, 1.165) is 47.4 Å². The van der Waals surface area contributed by atoms with E-state index in [-0.39, 0.29) is 17.6 Å². The Labute approximate surface area is 141 Å². The summed E-state index contributed by atoms with van der Waals surface area (Å²) in [5.74, 6) is 0.970. The molecule has 0 spiro atoms. The highest BCUT2D eigenvalue weighted by atomic mass is 32.2. The molecule has 0 bridgehead atoms. The zero-order chi connectivity index (χ0) is 16.2. The monoisotopic (exact) mass is 327 g/mol.